The molecule has 0 atom stereocenters. The number of hydrogen-bond acceptors (Lipinski definition) is 2. The molecule has 0 aliphatic rings. The lowest BCUT2D eigenvalue weighted by molar-refractivity contribution is 1.17. The molecule has 1 aromatic rings. The third-order valence-corrected chi connectivity index (χ3v) is 1.39. The molecule has 0 amide bonds. The van der Waals surface area contributed by atoms with E-state index in [-0.39, 0.29) is 0 Å². The Morgan fingerprint density at radius 1 is 1.36 bits per heavy atom. The van der Waals surface area contributed by atoms with Crippen molar-refractivity contribution in [2.24, 2.45) is 0 Å². The molecular weight excluding hydrogens is 136 g/mol. The van der Waals surface area contributed by atoms with Crippen molar-refractivity contribution >= 4 is 5.57 Å². The summed E-state index contributed by atoms with van der Waals surface area (Å²) in [7, 11) is 0. The van der Waals surface area contributed by atoms with Crippen molar-refractivity contribution in [3.8, 4) is 0 Å². The molecule has 0 saturated carbocycles. The molecule has 2 heteroatoms. The highest BCUT2D eigenvalue weighted by molar-refractivity contribution is 5.72. The van der Waals surface area contributed by atoms with Crippen LogP contribution in [0.5, 0.6) is 0 Å². The quantitative estimate of drug-likeness (QED) is 0.597. The van der Waals surface area contributed by atoms with E-state index < -0.39 is 0 Å². The van der Waals surface area contributed by atoms with E-state index in [0.717, 1.165) is 16.8 Å². The Hall–Kier alpha value is -1.44. The fourth-order valence-electron chi connectivity index (χ4n) is 0.674. The number of nitrogens with zero attached hydrogens (tertiary/aromatic N) is 2. The summed E-state index contributed by atoms with van der Waals surface area (Å²) in [6.45, 7) is 9.49. The Labute approximate surface area is 66.3 Å². The van der Waals surface area contributed by atoms with Crippen LogP contribution in [0.15, 0.2) is 37.3 Å². The van der Waals surface area contributed by atoms with Gasteiger partial charge in [0.2, 0.25) is 0 Å². The van der Waals surface area contributed by atoms with E-state index in [9.17, 15) is 0 Å². The van der Waals surface area contributed by atoms with Gasteiger partial charge in [-0.3, -0.25) is 9.97 Å². The second-order valence-electron chi connectivity index (χ2n) is 2.35. The second-order valence-corrected chi connectivity index (χ2v) is 2.35. The van der Waals surface area contributed by atoms with Gasteiger partial charge in [0, 0.05) is 12.4 Å². The van der Waals surface area contributed by atoms with Gasteiger partial charge < -0.3 is 0 Å². The zero-order valence-electron chi connectivity index (χ0n) is 6.54. The van der Waals surface area contributed by atoms with Crippen molar-refractivity contribution in [3.05, 3.63) is 43.0 Å². The lowest BCUT2D eigenvalue weighted by Gasteiger charge is -2.00. The Morgan fingerprint density at radius 2 is 2.09 bits per heavy atom. The molecule has 0 N–H and O–H groups in total. The highest BCUT2D eigenvalue weighted by Gasteiger charge is 1.98. The van der Waals surface area contributed by atoms with Gasteiger partial charge in [-0.1, -0.05) is 13.2 Å². The zero-order chi connectivity index (χ0) is 8.27. The van der Waals surface area contributed by atoms with Crippen molar-refractivity contribution < 1.29 is 0 Å². The van der Waals surface area contributed by atoms with Crippen LogP contribution in [0.4, 0.5) is 0 Å². The van der Waals surface area contributed by atoms with Crippen LogP contribution < -0.4 is 0 Å². The zero-order valence-corrected chi connectivity index (χ0v) is 6.54. The van der Waals surface area contributed by atoms with Gasteiger partial charge in [0.05, 0.1) is 11.9 Å². The predicted octanol–water partition coefficient (Wildman–Crippen LogP) is 2.07. The third-order valence-electron chi connectivity index (χ3n) is 1.39. The summed E-state index contributed by atoms with van der Waals surface area (Å²) in [4.78, 5) is 8.00. The summed E-state index contributed by atoms with van der Waals surface area (Å²) in [6.07, 6.45) is 4.95. The molecule has 0 unspecified atom stereocenters. The van der Waals surface area contributed by atoms with Gasteiger partial charge in [0.1, 0.15) is 0 Å². The minimum atomic E-state index is 0.792. The number of hydrogen-bond donors (Lipinski definition) is 0. The number of allylic oxidation sites excluding steroid dienone is 2. The first-order valence-corrected chi connectivity index (χ1v) is 3.33. The lowest BCUT2D eigenvalue weighted by Crippen LogP contribution is -1.88. The molecule has 0 radical (unpaired) electrons. The molecular formula is C9H10N2. The Morgan fingerprint density at radius 3 is 2.55 bits per heavy atom. The molecule has 0 bridgehead atoms. The van der Waals surface area contributed by atoms with Crippen molar-refractivity contribution in [2.45, 2.75) is 6.92 Å². The van der Waals surface area contributed by atoms with Crippen LogP contribution in [0.2, 0.25) is 0 Å². The minimum Gasteiger partial charge on any atom is -0.261 e. The molecule has 0 aliphatic carbocycles. The van der Waals surface area contributed by atoms with Gasteiger partial charge in [-0.2, -0.15) is 0 Å². The molecule has 1 aromatic heterocycles. The van der Waals surface area contributed by atoms with Gasteiger partial charge >= 0.3 is 0 Å². The topological polar surface area (TPSA) is 25.8 Å². The minimum absolute atomic E-state index is 0.792. The summed E-state index contributed by atoms with van der Waals surface area (Å²) < 4.78 is 0. The summed E-state index contributed by atoms with van der Waals surface area (Å²) in [5, 5.41) is 0. The average Bonchev–Trinajstić information content (AvgIpc) is 2.05. The standard InChI is InChI=1S/C9H10N2/c1-7(2)8(3)9-6-10-4-5-11-9/h4-6H,1,3H2,2H3. The van der Waals surface area contributed by atoms with E-state index in [1.54, 1.807) is 18.6 Å². The van der Waals surface area contributed by atoms with Gasteiger partial charge in [0.15, 0.2) is 0 Å². The van der Waals surface area contributed by atoms with Crippen LogP contribution in [0.25, 0.3) is 5.57 Å². The first-order chi connectivity index (χ1) is 5.22. The predicted molar refractivity (Wildman–Crippen MR) is 45.9 cm³/mol. The highest BCUT2D eigenvalue weighted by Crippen LogP contribution is 2.14. The molecule has 0 aliphatic heterocycles. The van der Waals surface area contributed by atoms with Crippen molar-refractivity contribution in [2.75, 3.05) is 0 Å². The average molecular weight is 146 g/mol. The largest absolute Gasteiger partial charge is 0.261 e. The van der Waals surface area contributed by atoms with Gasteiger partial charge in [-0.05, 0) is 18.1 Å². The number of rotatable bonds is 2. The monoisotopic (exact) mass is 146 g/mol. The summed E-state index contributed by atoms with van der Waals surface area (Å²) in [5.41, 5.74) is 2.56. The normalized spacial score (nSPS) is 9.18. The molecule has 0 fully saturated rings. The Balaban J connectivity index is 2.95. The third kappa shape index (κ3) is 1.74. The second kappa shape index (κ2) is 3.10. The van der Waals surface area contributed by atoms with Gasteiger partial charge in [-0.15, -0.1) is 0 Å². The maximum atomic E-state index is 4.08. The van der Waals surface area contributed by atoms with Crippen LogP contribution >= 0.6 is 0 Å². The summed E-state index contributed by atoms with van der Waals surface area (Å²) in [5.74, 6) is 0. The van der Waals surface area contributed by atoms with Gasteiger partial charge in [-0.25, -0.2) is 0 Å². The summed E-state index contributed by atoms with van der Waals surface area (Å²) in [6, 6.07) is 0. The van der Waals surface area contributed by atoms with E-state index in [0.29, 0.717) is 0 Å². The molecule has 0 spiro atoms. The molecule has 2 nitrogen and oxygen atoms in total. The van der Waals surface area contributed by atoms with E-state index in [1.807, 2.05) is 6.92 Å². The van der Waals surface area contributed by atoms with Crippen LogP contribution in [-0.2, 0) is 0 Å². The lowest BCUT2D eigenvalue weighted by atomic mass is 10.1. The SMILES string of the molecule is C=C(C)C(=C)c1cnccn1. The van der Waals surface area contributed by atoms with E-state index in [4.69, 9.17) is 0 Å². The highest BCUT2D eigenvalue weighted by atomic mass is 14.8. The first kappa shape index (κ1) is 7.66. The van der Waals surface area contributed by atoms with Gasteiger partial charge in [0.25, 0.3) is 0 Å². The van der Waals surface area contributed by atoms with E-state index in [1.165, 1.54) is 0 Å². The van der Waals surface area contributed by atoms with Crippen LogP contribution in [0, 0.1) is 0 Å². The molecule has 11 heavy (non-hydrogen) atoms. The first-order valence-electron chi connectivity index (χ1n) is 3.33. The molecule has 1 heterocycles. The fraction of sp³-hybridized carbons (Fsp3) is 0.111. The molecule has 0 saturated heterocycles. The number of aromatic nitrogens is 2. The van der Waals surface area contributed by atoms with E-state index >= 15 is 0 Å². The molecule has 1 rings (SSSR count). The maximum Gasteiger partial charge on any atom is 0.0881 e. The maximum absolute atomic E-state index is 4.08. The van der Waals surface area contributed by atoms with Crippen LogP contribution in [-0.4, -0.2) is 9.97 Å². The fourth-order valence-corrected chi connectivity index (χ4v) is 0.674. The smallest absolute Gasteiger partial charge is 0.0881 e. The summed E-state index contributed by atoms with van der Waals surface area (Å²) >= 11 is 0. The Bertz CT molecular complexity index is 275. The van der Waals surface area contributed by atoms with Crippen LogP contribution in [0.1, 0.15) is 12.6 Å². The molecule has 56 valence electrons. The van der Waals surface area contributed by atoms with Crippen molar-refractivity contribution in [1.82, 2.24) is 9.97 Å². The van der Waals surface area contributed by atoms with Crippen molar-refractivity contribution in [1.29, 1.82) is 0 Å². The Kier molecular flexibility index (Phi) is 2.16. The van der Waals surface area contributed by atoms with E-state index in [2.05, 4.69) is 23.1 Å². The van der Waals surface area contributed by atoms with Crippen molar-refractivity contribution in [3.63, 3.8) is 0 Å². The van der Waals surface area contributed by atoms with Crippen LogP contribution in [0.3, 0.4) is 0 Å². The molecule has 0 aromatic carbocycles.